The lowest BCUT2D eigenvalue weighted by molar-refractivity contribution is -0.140. The van der Waals surface area contributed by atoms with Gasteiger partial charge in [0.05, 0.1) is 19.1 Å². The fourth-order valence-corrected chi connectivity index (χ4v) is 5.57. The summed E-state index contributed by atoms with van der Waals surface area (Å²) >= 11 is 0. The number of rotatable bonds is 13. The smallest absolute Gasteiger partial charge is 0.244 e. The van der Waals surface area contributed by atoms with E-state index in [-0.39, 0.29) is 30.8 Å². The molecule has 0 heterocycles. The summed E-state index contributed by atoms with van der Waals surface area (Å²) in [5, 5.41) is 2.96. The first-order valence-electron chi connectivity index (χ1n) is 13.7. The van der Waals surface area contributed by atoms with Crippen molar-refractivity contribution in [2.45, 2.75) is 58.7 Å². The zero-order chi connectivity index (χ0) is 30.2. The van der Waals surface area contributed by atoms with Crippen LogP contribution in [-0.2, 0) is 32.6 Å². The zero-order valence-electron chi connectivity index (χ0n) is 24.7. The maximum absolute atomic E-state index is 14.2. The van der Waals surface area contributed by atoms with Crippen LogP contribution in [0, 0.1) is 0 Å². The van der Waals surface area contributed by atoms with Crippen LogP contribution in [0.2, 0.25) is 0 Å². The normalized spacial score (nSPS) is 12.2. The molecule has 3 aromatic carbocycles. The Labute approximate surface area is 244 Å². The molecule has 0 aliphatic heterocycles. The summed E-state index contributed by atoms with van der Waals surface area (Å²) in [7, 11) is -2.28. The predicted octanol–water partition coefficient (Wildman–Crippen LogP) is 4.75. The number of nitrogens with one attached hydrogen (secondary N) is 1. The van der Waals surface area contributed by atoms with Crippen LogP contribution in [0.1, 0.15) is 50.3 Å². The highest BCUT2D eigenvalue weighted by Gasteiger charge is 2.34. The molecule has 0 saturated heterocycles. The summed E-state index contributed by atoms with van der Waals surface area (Å²) in [5.74, 6) is -0.156. The number of sulfonamides is 1. The lowest BCUT2D eigenvalue weighted by atomic mass is 10.0. The van der Waals surface area contributed by atoms with Crippen LogP contribution >= 0.6 is 0 Å². The first kappa shape index (κ1) is 31.7. The molecule has 0 aliphatic rings. The van der Waals surface area contributed by atoms with Gasteiger partial charge in [-0.15, -0.1) is 0 Å². The monoisotopic (exact) mass is 579 g/mol. The van der Waals surface area contributed by atoms with Crippen LogP contribution in [0.25, 0.3) is 0 Å². The SMILES string of the molecule is COc1cccc(CN(C(=O)CN(c2ccccc2C(C)C)S(C)(=O)=O)[C@H](Cc2ccccc2)C(=O)NC(C)C)c1. The topological polar surface area (TPSA) is 96.0 Å². The fraction of sp³-hybridized carbons (Fsp3) is 0.375. The lowest BCUT2D eigenvalue weighted by Gasteiger charge is -2.34. The van der Waals surface area contributed by atoms with Crippen molar-refractivity contribution in [3.8, 4) is 5.75 Å². The molecular formula is C32H41N3O5S. The van der Waals surface area contributed by atoms with Gasteiger partial charge in [0.1, 0.15) is 18.3 Å². The molecule has 1 N–H and O–H groups in total. The maximum Gasteiger partial charge on any atom is 0.244 e. The Morgan fingerprint density at radius 2 is 1.51 bits per heavy atom. The predicted molar refractivity (Wildman–Crippen MR) is 163 cm³/mol. The Morgan fingerprint density at radius 1 is 0.878 bits per heavy atom. The highest BCUT2D eigenvalue weighted by Crippen LogP contribution is 2.29. The molecule has 0 spiro atoms. The molecule has 0 fully saturated rings. The first-order valence-corrected chi connectivity index (χ1v) is 15.6. The van der Waals surface area contributed by atoms with E-state index in [0.29, 0.717) is 11.4 Å². The molecule has 3 rings (SSSR count). The minimum Gasteiger partial charge on any atom is -0.497 e. The van der Waals surface area contributed by atoms with Crippen LogP contribution in [0.15, 0.2) is 78.9 Å². The van der Waals surface area contributed by atoms with E-state index in [1.807, 2.05) is 88.4 Å². The number of benzene rings is 3. The minimum absolute atomic E-state index is 0.0288. The molecular weight excluding hydrogens is 538 g/mol. The number of ether oxygens (including phenoxy) is 1. The van der Waals surface area contributed by atoms with E-state index in [1.54, 1.807) is 25.3 Å². The average Bonchev–Trinajstić information content (AvgIpc) is 2.93. The van der Waals surface area contributed by atoms with E-state index in [4.69, 9.17) is 4.74 Å². The third-order valence-corrected chi connectivity index (χ3v) is 7.82. The maximum atomic E-state index is 14.2. The summed E-state index contributed by atoms with van der Waals surface area (Å²) in [6.07, 6.45) is 1.35. The van der Waals surface area contributed by atoms with Gasteiger partial charge in [-0.2, -0.15) is 0 Å². The Balaban J connectivity index is 2.11. The number of hydrogen-bond donors (Lipinski definition) is 1. The van der Waals surface area contributed by atoms with E-state index in [2.05, 4.69) is 5.32 Å². The Bertz CT molecular complexity index is 1420. The standard InChI is InChI=1S/C32H41N3O5S/c1-23(2)28-17-10-11-18-29(28)35(41(6,38)39)22-31(36)34(21-26-15-12-16-27(19-26)40-5)30(32(37)33-24(3)4)20-25-13-8-7-9-14-25/h7-19,23-24,30H,20-22H2,1-6H3,(H,33,37)/t30-/m1/s1. The van der Waals surface area contributed by atoms with E-state index >= 15 is 0 Å². The van der Waals surface area contributed by atoms with E-state index < -0.39 is 28.5 Å². The fourth-order valence-electron chi connectivity index (χ4n) is 4.70. The van der Waals surface area contributed by atoms with Gasteiger partial charge in [0.25, 0.3) is 0 Å². The van der Waals surface area contributed by atoms with Gasteiger partial charge in [0.2, 0.25) is 21.8 Å². The number of anilines is 1. The molecule has 0 saturated carbocycles. The summed E-state index contributed by atoms with van der Waals surface area (Å²) in [5.41, 5.74) is 2.89. The van der Waals surface area contributed by atoms with Crippen molar-refractivity contribution in [3.63, 3.8) is 0 Å². The lowest BCUT2D eigenvalue weighted by Crippen LogP contribution is -2.54. The Hall–Kier alpha value is -3.85. The highest BCUT2D eigenvalue weighted by atomic mass is 32.2. The van der Waals surface area contributed by atoms with Crippen LogP contribution in [0.3, 0.4) is 0 Å². The van der Waals surface area contributed by atoms with Gasteiger partial charge in [-0.3, -0.25) is 13.9 Å². The molecule has 8 nitrogen and oxygen atoms in total. The van der Waals surface area contributed by atoms with Gasteiger partial charge in [0.15, 0.2) is 0 Å². The quantitative estimate of drug-likeness (QED) is 0.315. The van der Waals surface area contributed by atoms with Crippen LogP contribution in [-0.4, -0.2) is 57.1 Å². The molecule has 0 aromatic heterocycles. The molecule has 9 heteroatoms. The van der Waals surface area contributed by atoms with Gasteiger partial charge < -0.3 is 15.0 Å². The Morgan fingerprint density at radius 3 is 2.12 bits per heavy atom. The third-order valence-electron chi connectivity index (χ3n) is 6.70. The number of para-hydroxylation sites is 1. The van der Waals surface area contributed by atoms with Crippen LogP contribution in [0.4, 0.5) is 5.69 Å². The van der Waals surface area contributed by atoms with Crippen molar-refractivity contribution < 1.29 is 22.7 Å². The molecule has 0 bridgehead atoms. The second-order valence-corrected chi connectivity index (χ2v) is 12.6. The molecule has 0 radical (unpaired) electrons. The van der Waals surface area contributed by atoms with Crippen molar-refractivity contribution in [2.24, 2.45) is 0 Å². The number of hydrogen-bond acceptors (Lipinski definition) is 5. The molecule has 3 aromatic rings. The number of amides is 2. The largest absolute Gasteiger partial charge is 0.497 e. The van der Waals surface area contributed by atoms with Crippen LogP contribution < -0.4 is 14.4 Å². The van der Waals surface area contributed by atoms with Gasteiger partial charge in [-0.25, -0.2) is 8.42 Å². The second kappa shape index (κ2) is 14.2. The van der Waals surface area contributed by atoms with E-state index in [0.717, 1.165) is 27.3 Å². The van der Waals surface area contributed by atoms with Crippen molar-refractivity contribution in [1.82, 2.24) is 10.2 Å². The molecule has 2 amide bonds. The number of carbonyl (C=O) groups excluding carboxylic acids is 2. The van der Waals surface area contributed by atoms with Crippen molar-refractivity contribution >= 4 is 27.5 Å². The highest BCUT2D eigenvalue weighted by molar-refractivity contribution is 7.92. The minimum atomic E-state index is -3.84. The Kier molecular flexibility index (Phi) is 10.9. The van der Waals surface area contributed by atoms with E-state index in [9.17, 15) is 18.0 Å². The molecule has 220 valence electrons. The van der Waals surface area contributed by atoms with E-state index in [1.165, 1.54) is 4.90 Å². The van der Waals surface area contributed by atoms with Gasteiger partial charge in [0, 0.05) is 19.0 Å². The number of methoxy groups -OCH3 is 1. The van der Waals surface area contributed by atoms with Crippen molar-refractivity contribution in [3.05, 3.63) is 95.6 Å². The molecule has 0 aliphatic carbocycles. The summed E-state index contributed by atoms with van der Waals surface area (Å²) in [4.78, 5) is 29.4. The average molecular weight is 580 g/mol. The second-order valence-electron chi connectivity index (χ2n) is 10.7. The van der Waals surface area contributed by atoms with Crippen molar-refractivity contribution in [1.29, 1.82) is 0 Å². The van der Waals surface area contributed by atoms with Gasteiger partial charge in [-0.05, 0) is 54.7 Å². The molecule has 0 unspecified atom stereocenters. The van der Waals surface area contributed by atoms with Crippen LogP contribution in [0.5, 0.6) is 5.75 Å². The van der Waals surface area contributed by atoms with Crippen molar-refractivity contribution in [2.75, 3.05) is 24.2 Å². The summed E-state index contributed by atoms with van der Waals surface area (Å²) in [6.45, 7) is 7.31. The molecule has 1 atom stereocenters. The number of carbonyl (C=O) groups is 2. The van der Waals surface area contributed by atoms with Gasteiger partial charge >= 0.3 is 0 Å². The number of nitrogens with zero attached hydrogens (tertiary/aromatic N) is 2. The summed E-state index contributed by atoms with van der Waals surface area (Å²) < 4.78 is 32.7. The third kappa shape index (κ3) is 8.82. The van der Waals surface area contributed by atoms with Gasteiger partial charge in [-0.1, -0.05) is 74.5 Å². The first-order chi connectivity index (χ1) is 19.4. The zero-order valence-corrected chi connectivity index (χ0v) is 25.5. The summed E-state index contributed by atoms with van der Waals surface area (Å²) in [6, 6.07) is 22.9. The molecule has 41 heavy (non-hydrogen) atoms.